The van der Waals surface area contributed by atoms with E-state index in [4.69, 9.17) is 14.5 Å². The Labute approximate surface area is 176 Å². The molecule has 1 heterocycles. The molecule has 0 atom stereocenters. The van der Waals surface area contributed by atoms with Crippen molar-refractivity contribution in [2.75, 3.05) is 72.7 Å². The number of guanidine groups is 1. The van der Waals surface area contributed by atoms with Gasteiger partial charge in [-0.25, -0.2) is 4.99 Å². The topological polar surface area (TPSA) is 61.4 Å². The predicted molar refractivity (Wildman–Crippen MR) is 120 cm³/mol. The number of aliphatic imine (C=N–C) groups is 1. The van der Waals surface area contributed by atoms with Crippen molar-refractivity contribution in [3.63, 3.8) is 0 Å². The molecule has 0 bridgehead atoms. The first kappa shape index (κ1) is 23.4. The summed E-state index contributed by atoms with van der Waals surface area (Å²) in [4.78, 5) is 9.79. The van der Waals surface area contributed by atoms with Crippen LogP contribution in [0.4, 0.5) is 0 Å². The van der Waals surface area contributed by atoms with Crippen LogP contribution in [-0.4, -0.2) is 88.4 Å². The average molecular weight is 406 g/mol. The Bertz CT molecular complexity index is 571. The second kappa shape index (κ2) is 14.2. The van der Waals surface area contributed by atoms with Gasteiger partial charge in [0, 0.05) is 59.0 Å². The zero-order chi connectivity index (χ0) is 20.7. The fourth-order valence-corrected chi connectivity index (χ4v) is 3.26. The SMILES string of the molecule is CCOCCCNC(=NCc1ccc(OC)cc1)NCCN1CCN(CC)CC1. The zero-order valence-corrected chi connectivity index (χ0v) is 18.5. The summed E-state index contributed by atoms with van der Waals surface area (Å²) in [5.41, 5.74) is 1.16. The van der Waals surface area contributed by atoms with Gasteiger partial charge in [0.15, 0.2) is 5.96 Å². The van der Waals surface area contributed by atoms with E-state index in [1.165, 1.54) is 13.1 Å². The van der Waals surface area contributed by atoms with Gasteiger partial charge in [-0.05, 0) is 37.6 Å². The predicted octanol–water partition coefficient (Wildman–Crippen LogP) is 1.79. The second-order valence-corrected chi connectivity index (χ2v) is 7.19. The highest BCUT2D eigenvalue weighted by Gasteiger charge is 2.14. The van der Waals surface area contributed by atoms with Crippen LogP contribution in [0.2, 0.25) is 0 Å². The maximum absolute atomic E-state index is 5.42. The highest BCUT2D eigenvalue weighted by molar-refractivity contribution is 5.79. The molecule has 0 unspecified atom stereocenters. The van der Waals surface area contributed by atoms with Gasteiger partial charge in [-0.1, -0.05) is 19.1 Å². The highest BCUT2D eigenvalue weighted by atomic mass is 16.5. The molecule has 1 saturated heterocycles. The van der Waals surface area contributed by atoms with Crippen molar-refractivity contribution in [3.8, 4) is 5.75 Å². The fourth-order valence-electron chi connectivity index (χ4n) is 3.26. The van der Waals surface area contributed by atoms with E-state index in [-0.39, 0.29) is 0 Å². The van der Waals surface area contributed by atoms with E-state index >= 15 is 0 Å². The molecule has 29 heavy (non-hydrogen) atoms. The van der Waals surface area contributed by atoms with Gasteiger partial charge in [0.05, 0.1) is 13.7 Å². The van der Waals surface area contributed by atoms with Crippen LogP contribution in [0, 0.1) is 0 Å². The number of methoxy groups -OCH3 is 1. The Morgan fingerprint density at radius 2 is 1.69 bits per heavy atom. The smallest absolute Gasteiger partial charge is 0.191 e. The molecular weight excluding hydrogens is 366 g/mol. The van der Waals surface area contributed by atoms with E-state index < -0.39 is 0 Å². The molecule has 1 aliphatic rings. The van der Waals surface area contributed by atoms with Crippen LogP contribution in [0.25, 0.3) is 0 Å². The van der Waals surface area contributed by atoms with E-state index in [1.54, 1.807) is 7.11 Å². The molecule has 0 aliphatic carbocycles. The first-order chi connectivity index (χ1) is 14.2. The van der Waals surface area contributed by atoms with Crippen molar-refractivity contribution in [2.24, 2.45) is 4.99 Å². The maximum Gasteiger partial charge on any atom is 0.191 e. The van der Waals surface area contributed by atoms with E-state index in [1.807, 2.05) is 19.1 Å². The average Bonchev–Trinajstić information content (AvgIpc) is 2.77. The minimum absolute atomic E-state index is 0.639. The molecule has 7 nitrogen and oxygen atoms in total. The number of benzene rings is 1. The minimum atomic E-state index is 0.639. The van der Waals surface area contributed by atoms with E-state index in [0.717, 1.165) is 76.2 Å². The largest absolute Gasteiger partial charge is 0.497 e. The van der Waals surface area contributed by atoms with Gasteiger partial charge in [-0.15, -0.1) is 0 Å². The fraction of sp³-hybridized carbons (Fsp3) is 0.682. The van der Waals surface area contributed by atoms with Gasteiger partial charge in [-0.3, -0.25) is 4.90 Å². The number of hydrogen-bond acceptors (Lipinski definition) is 5. The highest BCUT2D eigenvalue weighted by Crippen LogP contribution is 2.11. The number of likely N-dealkylation sites (N-methyl/N-ethyl adjacent to an activating group) is 1. The summed E-state index contributed by atoms with van der Waals surface area (Å²) in [6.07, 6.45) is 0.968. The number of hydrogen-bond donors (Lipinski definition) is 2. The van der Waals surface area contributed by atoms with Gasteiger partial charge in [0.25, 0.3) is 0 Å². The molecule has 7 heteroatoms. The molecule has 0 amide bonds. The quantitative estimate of drug-likeness (QED) is 0.314. The molecule has 0 spiro atoms. The van der Waals surface area contributed by atoms with Gasteiger partial charge >= 0.3 is 0 Å². The van der Waals surface area contributed by atoms with Crippen LogP contribution in [0.5, 0.6) is 5.75 Å². The monoisotopic (exact) mass is 405 g/mol. The van der Waals surface area contributed by atoms with Crippen molar-refractivity contribution in [1.82, 2.24) is 20.4 Å². The molecule has 2 rings (SSSR count). The molecule has 1 aromatic rings. The van der Waals surface area contributed by atoms with Crippen LogP contribution in [0.1, 0.15) is 25.8 Å². The van der Waals surface area contributed by atoms with Crippen molar-refractivity contribution in [1.29, 1.82) is 0 Å². The van der Waals surface area contributed by atoms with E-state index in [2.05, 4.69) is 39.5 Å². The van der Waals surface area contributed by atoms with Crippen LogP contribution >= 0.6 is 0 Å². The Balaban J connectivity index is 1.79. The number of rotatable bonds is 12. The van der Waals surface area contributed by atoms with Crippen molar-refractivity contribution in [3.05, 3.63) is 29.8 Å². The molecule has 1 aliphatic heterocycles. The molecule has 1 fully saturated rings. The third kappa shape index (κ3) is 9.47. The van der Waals surface area contributed by atoms with Crippen molar-refractivity contribution < 1.29 is 9.47 Å². The van der Waals surface area contributed by atoms with Crippen LogP contribution in [0.15, 0.2) is 29.3 Å². The number of nitrogens with one attached hydrogen (secondary N) is 2. The van der Waals surface area contributed by atoms with Crippen molar-refractivity contribution in [2.45, 2.75) is 26.8 Å². The first-order valence-corrected chi connectivity index (χ1v) is 10.9. The molecule has 0 aromatic heterocycles. The first-order valence-electron chi connectivity index (χ1n) is 10.9. The molecule has 164 valence electrons. The Morgan fingerprint density at radius 1 is 1.00 bits per heavy atom. The molecule has 1 aromatic carbocycles. The standard InChI is InChI=1S/C22H39N5O2/c1-4-26-14-16-27(17-15-26)13-12-24-22(23-11-6-18-29-5-2)25-19-20-7-9-21(28-3)10-8-20/h7-10H,4-6,11-19H2,1-3H3,(H2,23,24,25). The van der Waals surface area contributed by atoms with Crippen LogP contribution < -0.4 is 15.4 Å². The Kier molecular flexibility index (Phi) is 11.5. The molecule has 2 N–H and O–H groups in total. The Hall–Kier alpha value is -1.83. The molecule has 0 radical (unpaired) electrons. The Morgan fingerprint density at radius 3 is 2.34 bits per heavy atom. The number of nitrogens with zero attached hydrogens (tertiary/aromatic N) is 3. The van der Waals surface area contributed by atoms with Gasteiger partial charge in [0.2, 0.25) is 0 Å². The molecule has 0 saturated carbocycles. The summed E-state index contributed by atoms with van der Waals surface area (Å²) in [7, 11) is 1.68. The normalized spacial score (nSPS) is 16.0. The summed E-state index contributed by atoms with van der Waals surface area (Å²) < 4.78 is 10.6. The third-order valence-corrected chi connectivity index (χ3v) is 5.17. The van der Waals surface area contributed by atoms with Gasteiger partial charge in [-0.2, -0.15) is 0 Å². The van der Waals surface area contributed by atoms with Gasteiger partial charge < -0.3 is 25.0 Å². The number of piperazine rings is 1. The lowest BCUT2D eigenvalue weighted by Crippen LogP contribution is -2.49. The van der Waals surface area contributed by atoms with Gasteiger partial charge in [0.1, 0.15) is 5.75 Å². The lowest BCUT2D eigenvalue weighted by molar-refractivity contribution is 0.139. The summed E-state index contributed by atoms with van der Waals surface area (Å²) in [5, 5.41) is 6.93. The van der Waals surface area contributed by atoms with E-state index in [0.29, 0.717) is 6.54 Å². The minimum Gasteiger partial charge on any atom is -0.497 e. The summed E-state index contributed by atoms with van der Waals surface area (Å²) in [6, 6.07) is 8.07. The lowest BCUT2D eigenvalue weighted by atomic mass is 10.2. The van der Waals surface area contributed by atoms with Crippen LogP contribution in [-0.2, 0) is 11.3 Å². The van der Waals surface area contributed by atoms with Crippen LogP contribution in [0.3, 0.4) is 0 Å². The maximum atomic E-state index is 5.42. The third-order valence-electron chi connectivity index (χ3n) is 5.17. The number of ether oxygens (including phenoxy) is 2. The summed E-state index contributed by atoms with van der Waals surface area (Å²) >= 11 is 0. The van der Waals surface area contributed by atoms with Crippen molar-refractivity contribution >= 4 is 5.96 Å². The lowest BCUT2D eigenvalue weighted by Gasteiger charge is -2.34. The summed E-state index contributed by atoms with van der Waals surface area (Å²) in [6.45, 7) is 15.0. The zero-order valence-electron chi connectivity index (χ0n) is 18.5. The summed E-state index contributed by atoms with van der Waals surface area (Å²) in [5.74, 6) is 1.73. The van der Waals surface area contributed by atoms with E-state index in [9.17, 15) is 0 Å². The second-order valence-electron chi connectivity index (χ2n) is 7.19. The molecular formula is C22H39N5O2.